The van der Waals surface area contributed by atoms with Gasteiger partial charge < -0.3 is 4.52 Å². The molecule has 76 valence electrons. The normalized spacial score (nSPS) is 10.3. The molecule has 0 spiro atoms. The first-order chi connectivity index (χ1) is 7.22. The largest absolute Gasteiger partial charge is 0.352 e. The van der Waals surface area contributed by atoms with Crippen LogP contribution in [0, 0.1) is 6.92 Å². The highest BCUT2D eigenvalue weighted by Gasteiger charge is 2.14. The van der Waals surface area contributed by atoms with E-state index in [-0.39, 0.29) is 5.76 Å². The second-order valence-corrected chi connectivity index (χ2v) is 3.99. The summed E-state index contributed by atoms with van der Waals surface area (Å²) >= 11 is 3.29. The number of rotatable bonds is 2. The molecule has 0 aliphatic rings. The van der Waals surface area contributed by atoms with E-state index in [1.54, 1.807) is 0 Å². The smallest absolute Gasteiger partial charge is 0.214 e. The number of hydrogen-bond acceptors (Lipinski definition) is 3. The molecule has 1 aromatic heterocycles. The van der Waals surface area contributed by atoms with Crippen LogP contribution in [0.25, 0.3) is 11.3 Å². The van der Waals surface area contributed by atoms with Gasteiger partial charge in [-0.3, -0.25) is 4.79 Å². The van der Waals surface area contributed by atoms with Crippen LogP contribution in [-0.2, 0) is 0 Å². The van der Waals surface area contributed by atoms with Crippen molar-refractivity contribution < 1.29 is 9.32 Å². The maximum Gasteiger partial charge on any atom is 0.214 e. The Morgan fingerprint density at radius 3 is 2.87 bits per heavy atom. The van der Waals surface area contributed by atoms with Gasteiger partial charge in [0.15, 0.2) is 6.29 Å². The fourth-order valence-corrected chi connectivity index (χ4v) is 1.80. The molecule has 0 bridgehead atoms. The molecular formula is C11H8BrNO2. The van der Waals surface area contributed by atoms with Crippen LogP contribution in [0.5, 0.6) is 0 Å². The van der Waals surface area contributed by atoms with Gasteiger partial charge >= 0.3 is 0 Å². The Balaban J connectivity index is 2.54. The highest BCUT2D eigenvalue weighted by molar-refractivity contribution is 9.10. The Hall–Kier alpha value is -1.42. The van der Waals surface area contributed by atoms with Crippen molar-refractivity contribution in [2.45, 2.75) is 6.92 Å². The number of aromatic nitrogens is 1. The van der Waals surface area contributed by atoms with Gasteiger partial charge in [0.2, 0.25) is 5.76 Å². The molecule has 0 aliphatic heterocycles. The third kappa shape index (κ3) is 1.85. The summed E-state index contributed by atoms with van der Waals surface area (Å²) < 4.78 is 5.47. The molecular weight excluding hydrogens is 258 g/mol. The zero-order chi connectivity index (χ0) is 10.8. The monoisotopic (exact) mass is 265 g/mol. The molecule has 2 aromatic rings. The number of nitrogens with zero attached hydrogens (tertiary/aromatic N) is 1. The zero-order valence-electron chi connectivity index (χ0n) is 8.03. The van der Waals surface area contributed by atoms with Gasteiger partial charge in [-0.1, -0.05) is 28.9 Å². The molecule has 0 unspecified atom stereocenters. The summed E-state index contributed by atoms with van der Waals surface area (Å²) in [6.07, 6.45) is 0.635. The van der Waals surface area contributed by atoms with Gasteiger partial charge in [0.1, 0.15) is 5.69 Å². The van der Waals surface area contributed by atoms with E-state index in [0.717, 1.165) is 11.1 Å². The first-order valence-corrected chi connectivity index (χ1v) is 5.19. The lowest BCUT2D eigenvalue weighted by atomic mass is 10.1. The Morgan fingerprint density at radius 1 is 1.47 bits per heavy atom. The summed E-state index contributed by atoms with van der Waals surface area (Å²) in [5.41, 5.74) is 2.72. The number of carbonyl (C=O) groups is 1. The van der Waals surface area contributed by atoms with Crippen LogP contribution in [0.2, 0.25) is 0 Å². The molecule has 0 amide bonds. The molecule has 15 heavy (non-hydrogen) atoms. The predicted molar refractivity (Wildman–Crippen MR) is 59.8 cm³/mol. The topological polar surface area (TPSA) is 43.1 Å². The molecule has 4 heteroatoms. The molecule has 0 atom stereocenters. The molecule has 1 heterocycles. The van der Waals surface area contributed by atoms with Gasteiger partial charge in [-0.05, 0) is 28.9 Å². The van der Waals surface area contributed by atoms with E-state index >= 15 is 0 Å². The van der Waals surface area contributed by atoms with E-state index in [0.29, 0.717) is 16.5 Å². The minimum atomic E-state index is 0.214. The lowest BCUT2D eigenvalue weighted by Crippen LogP contribution is -1.80. The van der Waals surface area contributed by atoms with E-state index in [2.05, 4.69) is 21.1 Å². The minimum absolute atomic E-state index is 0.214. The molecule has 0 saturated carbocycles. The number of aldehydes is 1. The van der Waals surface area contributed by atoms with Crippen LogP contribution in [0.4, 0.5) is 0 Å². The van der Waals surface area contributed by atoms with Crippen molar-refractivity contribution in [3.05, 3.63) is 40.1 Å². The molecule has 0 saturated heterocycles. The van der Waals surface area contributed by atoms with E-state index in [4.69, 9.17) is 4.52 Å². The average molecular weight is 266 g/mol. The summed E-state index contributed by atoms with van der Waals surface area (Å²) in [5, 5.41) is 3.84. The highest BCUT2D eigenvalue weighted by Crippen LogP contribution is 2.29. The molecule has 0 N–H and O–H groups in total. The number of halogens is 1. The van der Waals surface area contributed by atoms with Crippen LogP contribution in [0.1, 0.15) is 16.1 Å². The van der Waals surface area contributed by atoms with Crippen LogP contribution in [0.3, 0.4) is 0 Å². The maximum atomic E-state index is 10.6. The Kier molecular flexibility index (Phi) is 2.68. The van der Waals surface area contributed by atoms with Crippen molar-refractivity contribution in [3.8, 4) is 11.3 Å². The third-order valence-corrected chi connectivity index (χ3v) is 2.82. The van der Waals surface area contributed by atoms with Crippen molar-refractivity contribution in [1.82, 2.24) is 5.16 Å². The third-order valence-electron chi connectivity index (χ3n) is 2.06. The van der Waals surface area contributed by atoms with Crippen molar-refractivity contribution in [1.29, 1.82) is 0 Å². The van der Waals surface area contributed by atoms with Gasteiger partial charge in [-0.25, -0.2) is 0 Å². The molecule has 0 radical (unpaired) electrons. The Bertz CT molecular complexity index is 505. The quantitative estimate of drug-likeness (QED) is 0.784. The number of benzene rings is 1. The van der Waals surface area contributed by atoms with Crippen molar-refractivity contribution in [2.24, 2.45) is 0 Å². The second kappa shape index (κ2) is 3.98. The second-order valence-electron chi connectivity index (χ2n) is 3.20. The standard InChI is InChI=1S/C11H8BrNO2/c1-7-3-2-4-8(5-7)11-10(12)9(6-14)15-13-11/h2-6H,1H3. The average Bonchev–Trinajstić information content (AvgIpc) is 2.59. The summed E-state index contributed by atoms with van der Waals surface area (Å²) in [7, 11) is 0. The van der Waals surface area contributed by atoms with E-state index in [9.17, 15) is 4.79 Å². The summed E-state index contributed by atoms with van der Waals surface area (Å²) in [4.78, 5) is 10.6. The molecule has 3 nitrogen and oxygen atoms in total. The zero-order valence-corrected chi connectivity index (χ0v) is 9.61. The van der Waals surface area contributed by atoms with Crippen LogP contribution >= 0.6 is 15.9 Å². The lowest BCUT2D eigenvalue weighted by Gasteiger charge is -1.97. The fourth-order valence-electron chi connectivity index (χ4n) is 1.34. The van der Waals surface area contributed by atoms with Gasteiger partial charge in [-0.2, -0.15) is 0 Å². The van der Waals surface area contributed by atoms with E-state index in [1.807, 2.05) is 31.2 Å². The van der Waals surface area contributed by atoms with Crippen LogP contribution in [-0.4, -0.2) is 11.4 Å². The van der Waals surface area contributed by atoms with Gasteiger partial charge in [0, 0.05) is 5.56 Å². The Morgan fingerprint density at radius 2 is 2.27 bits per heavy atom. The fraction of sp³-hybridized carbons (Fsp3) is 0.0909. The SMILES string of the molecule is Cc1cccc(-c2noc(C=O)c2Br)c1. The van der Waals surface area contributed by atoms with E-state index < -0.39 is 0 Å². The number of hydrogen-bond donors (Lipinski definition) is 0. The number of carbonyl (C=O) groups excluding carboxylic acids is 1. The summed E-state index contributed by atoms with van der Waals surface area (Å²) in [6, 6.07) is 7.84. The summed E-state index contributed by atoms with van der Waals surface area (Å²) in [6.45, 7) is 2.00. The molecule has 1 aromatic carbocycles. The lowest BCUT2D eigenvalue weighted by molar-refractivity contribution is 0.109. The molecule has 2 rings (SSSR count). The minimum Gasteiger partial charge on any atom is -0.352 e. The van der Waals surface area contributed by atoms with Crippen LogP contribution < -0.4 is 0 Å². The summed E-state index contributed by atoms with van der Waals surface area (Å²) in [5.74, 6) is 0.214. The van der Waals surface area contributed by atoms with Crippen molar-refractivity contribution in [2.75, 3.05) is 0 Å². The van der Waals surface area contributed by atoms with Gasteiger partial charge in [-0.15, -0.1) is 0 Å². The van der Waals surface area contributed by atoms with Crippen LogP contribution in [0.15, 0.2) is 33.3 Å². The number of aryl methyl sites for hydroxylation is 1. The first kappa shape index (κ1) is 10.1. The highest BCUT2D eigenvalue weighted by atomic mass is 79.9. The van der Waals surface area contributed by atoms with Gasteiger partial charge in [0.25, 0.3) is 0 Å². The predicted octanol–water partition coefficient (Wildman–Crippen LogP) is 3.23. The van der Waals surface area contributed by atoms with Crippen molar-refractivity contribution >= 4 is 22.2 Å². The first-order valence-electron chi connectivity index (χ1n) is 4.40. The molecule has 0 aliphatic carbocycles. The Labute approximate surface area is 95.2 Å². The van der Waals surface area contributed by atoms with E-state index in [1.165, 1.54) is 0 Å². The van der Waals surface area contributed by atoms with Crippen molar-refractivity contribution in [3.63, 3.8) is 0 Å². The van der Waals surface area contributed by atoms with Gasteiger partial charge in [0.05, 0.1) is 4.47 Å². The molecule has 0 fully saturated rings. The maximum absolute atomic E-state index is 10.6.